The minimum absolute atomic E-state index is 0.00846. The largest absolute Gasteiger partial charge is 0.497 e. The summed E-state index contributed by atoms with van der Waals surface area (Å²) in [5, 5.41) is 8.44. The molecule has 0 radical (unpaired) electrons. The molecule has 0 aliphatic rings. The second-order valence-corrected chi connectivity index (χ2v) is 3.00. The molecule has 0 amide bonds. The number of nitrogens with two attached hydrogens (primary N) is 1. The molecule has 4 nitrogen and oxygen atoms in total. The average Bonchev–Trinajstić information content (AvgIpc) is 2.20. The topological polar surface area (TPSA) is 72.5 Å². The summed E-state index contributed by atoms with van der Waals surface area (Å²) < 4.78 is 4.99. The van der Waals surface area contributed by atoms with Gasteiger partial charge in [0.1, 0.15) is 5.75 Å². The Morgan fingerprint density at radius 3 is 2.87 bits per heavy atom. The Balaban J connectivity index is 2.78. The number of carboxylic acid groups (broad SMARTS) is 1. The molecule has 80 valence electrons. The zero-order valence-corrected chi connectivity index (χ0v) is 8.43. The number of benzene rings is 1. The van der Waals surface area contributed by atoms with E-state index in [1.54, 1.807) is 37.5 Å². The third kappa shape index (κ3) is 3.34. The standard InChI is InChI=1S/C11H13NO3/c1-15-9-6-5-8(10(12)7-9)3-2-4-11(13)14/h2-3,5-7H,4,12H2,1H3,(H,13,14). The molecule has 0 saturated carbocycles. The van der Waals surface area contributed by atoms with Crippen molar-refractivity contribution in [3.8, 4) is 5.75 Å². The van der Waals surface area contributed by atoms with E-state index in [1.807, 2.05) is 0 Å². The molecule has 0 fully saturated rings. The van der Waals surface area contributed by atoms with Crippen LogP contribution in [0.1, 0.15) is 12.0 Å². The first kappa shape index (κ1) is 11.1. The number of rotatable bonds is 4. The van der Waals surface area contributed by atoms with E-state index in [1.165, 1.54) is 0 Å². The van der Waals surface area contributed by atoms with Gasteiger partial charge in [0.25, 0.3) is 0 Å². The average molecular weight is 207 g/mol. The molecule has 1 aromatic rings. The first-order valence-corrected chi connectivity index (χ1v) is 4.45. The molecule has 0 aromatic heterocycles. The molecule has 0 aliphatic heterocycles. The first-order chi connectivity index (χ1) is 7.13. The van der Waals surface area contributed by atoms with Gasteiger partial charge in [0.2, 0.25) is 0 Å². The number of anilines is 1. The second-order valence-electron chi connectivity index (χ2n) is 3.00. The predicted molar refractivity (Wildman–Crippen MR) is 58.7 cm³/mol. The van der Waals surface area contributed by atoms with Crippen molar-refractivity contribution in [3.63, 3.8) is 0 Å². The van der Waals surface area contributed by atoms with Crippen molar-refractivity contribution in [2.24, 2.45) is 0 Å². The maximum absolute atomic E-state index is 10.3. The lowest BCUT2D eigenvalue weighted by atomic mass is 10.1. The van der Waals surface area contributed by atoms with Crippen molar-refractivity contribution in [1.82, 2.24) is 0 Å². The van der Waals surface area contributed by atoms with Crippen LogP contribution in [0.4, 0.5) is 5.69 Å². The van der Waals surface area contributed by atoms with Gasteiger partial charge in [0, 0.05) is 11.8 Å². The number of carbonyl (C=O) groups is 1. The number of ether oxygens (including phenoxy) is 1. The summed E-state index contributed by atoms with van der Waals surface area (Å²) in [6.07, 6.45) is 3.23. The Kier molecular flexibility index (Phi) is 3.74. The van der Waals surface area contributed by atoms with Gasteiger partial charge in [0.15, 0.2) is 0 Å². The molecule has 0 atom stereocenters. The Labute approximate surface area is 88.0 Å². The summed E-state index contributed by atoms with van der Waals surface area (Å²) in [5.41, 5.74) is 7.09. The van der Waals surface area contributed by atoms with Crippen LogP contribution in [0.15, 0.2) is 24.3 Å². The van der Waals surface area contributed by atoms with Crippen molar-refractivity contribution in [1.29, 1.82) is 0 Å². The van der Waals surface area contributed by atoms with E-state index >= 15 is 0 Å². The van der Waals surface area contributed by atoms with E-state index in [-0.39, 0.29) is 6.42 Å². The van der Waals surface area contributed by atoms with Crippen LogP contribution in [0.2, 0.25) is 0 Å². The third-order valence-electron chi connectivity index (χ3n) is 1.88. The molecule has 0 spiro atoms. The molecule has 3 N–H and O–H groups in total. The van der Waals surface area contributed by atoms with Gasteiger partial charge >= 0.3 is 5.97 Å². The quantitative estimate of drug-likeness (QED) is 0.738. The fraction of sp³-hybridized carbons (Fsp3) is 0.182. The number of hydrogen-bond donors (Lipinski definition) is 2. The Morgan fingerprint density at radius 1 is 1.60 bits per heavy atom. The van der Waals surface area contributed by atoms with Crippen LogP contribution in [0, 0.1) is 0 Å². The predicted octanol–water partition coefficient (Wildman–Crippen LogP) is 1.77. The van der Waals surface area contributed by atoms with E-state index < -0.39 is 5.97 Å². The number of carboxylic acids is 1. The molecule has 15 heavy (non-hydrogen) atoms. The number of aliphatic carboxylic acids is 1. The molecular weight excluding hydrogens is 194 g/mol. The highest BCUT2D eigenvalue weighted by atomic mass is 16.5. The molecule has 4 heteroatoms. The van der Waals surface area contributed by atoms with Gasteiger partial charge in [-0.25, -0.2) is 0 Å². The summed E-state index contributed by atoms with van der Waals surface area (Å²) in [6, 6.07) is 5.25. The van der Waals surface area contributed by atoms with Crippen LogP contribution in [-0.2, 0) is 4.79 Å². The van der Waals surface area contributed by atoms with Gasteiger partial charge < -0.3 is 15.6 Å². The van der Waals surface area contributed by atoms with Crippen molar-refractivity contribution >= 4 is 17.7 Å². The monoisotopic (exact) mass is 207 g/mol. The van der Waals surface area contributed by atoms with E-state index in [2.05, 4.69) is 0 Å². The highest BCUT2D eigenvalue weighted by Crippen LogP contribution is 2.20. The number of methoxy groups -OCH3 is 1. The Hall–Kier alpha value is -1.97. The lowest BCUT2D eigenvalue weighted by molar-refractivity contribution is -0.135. The van der Waals surface area contributed by atoms with Gasteiger partial charge in [0.05, 0.1) is 13.5 Å². The van der Waals surface area contributed by atoms with Gasteiger partial charge in [-0.05, 0) is 17.7 Å². The zero-order valence-electron chi connectivity index (χ0n) is 8.43. The first-order valence-electron chi connectivity index (χ1n) is 4.45. The lowest BCUT2D eigenvalue weighted by Gasteiger charge is -2.03. The second kappa shape index (κ2) is 5.05. The summed E-state index contributed by atoms with van der Waals surface area (Å²) in [5.74, 6) is -0.179. The Bertz CT molecular complexity index is 385. The van der Waals surface area contributed by atoms with Gasteiger partial charge in [-0.3, -0.25) is 4.79 Å². The molecular formula is C11H13NO3. The van der Waals surface area contributed by atoms with Crippen LogP contribution >= 0.6 is 0 Å². The molecule has 0 aliphatic carbocycles. The van der Waals surface area contributed by atoms with E-state index in [4.69, 9.17) is 15.6 Å². The zero-order chi connectivity index (χ0) is 11.3. The SMILES string of the molecule is COc1ccc(C=CCC(=O)O)c(N)c1. The molecule has 0 saturated heterocycles. The summed E-state index contributed by atoms with van der Waals surface area (Å²) in [6.45, 7) is 0. The fourth-order valence-corrected chi connectivity index (χ4v) is 1.12. The van der Waals surface area contributed by atoms with Crippen LogP contribution in [0.5, 0.6) is 5.75 Å². The maximum Gasteiger partial charge on any atom is 0.307 e. The summed E-state index contributed by atoms with van der Waals surface area (Å²) in [4.78, 5) is 10.3. The van der Waals surface area contributed by atoms with Gasteiger partial charge in [-0.15, -0.1) is 0 Å². The van der Waals surface area contributed by atoms with Crippen LogP contribution in [-0.4, -0.2) is 18.2 Å². The molecule has 1 aromatic carbocycles. The normalized spacial score (nSPS) is 10.5. The van der Waals surface area contributed by atoms with Crippen molar-refractivity contribution < 1.29 is 14.6 Å². The maximum atomic E-state index is 10.3. The number of hydrogen-bond acceptors (Lipinski definition) is 3. The third-order valence-corrected chi connectivity index (χ3v) is 1.88. The van der Waals surface area contributed by atoms with Gasteiger partial charge in [-0.2, -0.15) is 0 Å². The molecule has 1 rings (SSSR count). The smallest absolute Gasteiger partial charge is 0.307 e. The molecule has 0 unspecified atom stereocenters. The number of nitrogen functional groups attached to an aromatic ring is 1. The Morgan fingerprint density at radius 2 is 2.33 bits per heavy atom. The van der Waals surface area contributed by atoms with Crippen molar-refractivity contribution in [2.45, 2.75) is 6.42 Å². The van der Waals surface area contributed by atoms with Crippen molar-refractivity contribution in [2.75, 3.05) is 12.8 Å². The summed E-state index contributed by atoms with van der Waals surface area (Å²) in [7, 11) is 1.56. The van der Waals surface area contributed by atoms with Gasteiger partial charge in [-0.1, -0.05) is 12.2 Å². The minimum atomic E-state index is -0.863. The van der Waals surface area contributed by atoms with E-state index in [9.17, 15) is 4.79 Å². The minimum Gasteiger partial charge on any atom is -0.497 e. The highest BCUT2D eigenvalue weighted by molar-refractivity contribution is 5.72. The highest BCUT2D eigenvalue weighted by Gasteiger charge is 1.98. The molecule has 0 heterocycles. The fourth-order valence-electron chi connectivity index (χ4n) is 1.12. The molecule has 0 bridgehead atoms. The van der Waals surface area contributed by atoms with E-state index in [0.717, 1.165) is 5.56 Å². The van der Waals surface area contributed by atoms with Crippen LogP contribution in [0.3, 0.4) is 0 Å². The van der Waals surface area contributed by atoms with Crippen LogP contribution < -0.4 is 10.5 Å². The van der Waals surface area contributed by atoms with Crippen LogP contribution in [0.25, 0.3) is 6.08 Å². The lowest BCUT2D eigenvalue weighted by Crippen LogP contribution is -1.92. The van der Waals surface area contributed by atoms with E-state index in [0.29, 0.717) is 11.4 Å². The summed E-state index contributed by atoms with van der Waals surface area (Å²) >= 11 is 0. The van der Waals surface area contributed by atoms with Crippen molar-refractivity contribution in [3.05, 3.63) is 29.8 Å².